The monoisotopic (exact) mass is 298 g/mol. The molecule has 0 heterocycles. The van der Waals surface area contributed by atoms with E-state index in [2.05, 4.69) is 5.32 Å². The Bertz CT molecular complexity index is 599. The number of thiocarbonyl (C=S) groups is 1. The molecule has 4 heteroatoms. The highest BCUT2D eigenvalue weighted by Crippen LogP contribution is 2.16. The smallest absolute Gasteiger partial charge is 0.234 e. The average Bonchev–Trinajstić information content (AvgIpc) is 2.49. The Balaban J connectivity index is 1.95. The number of hydrogen-bond acceptors (Lipinski definition) is 2. The van der Waals surface area contributed by atoms with Gasteiger partial charge < -0.3 is 11.1 Å². The molecular weight excluding hydrogens is 280 g/mol. The van der Waals surface area contributed by atoms with Gasteiger partial charge in [-0.1, -0.05) is 72.9 Å². The van der Waals surface area contributed by atoms with E-state index in [1.54, 1.807) is 0 Å². The topological polar surface area (TPSA) is 55.1 Å². The molecule has 0 aliphatic rings. The van der Waals surface area contributed by atoms with Crippen molar-refractivity contribution in [2.45, 2.75) is 12.3 Å². The highest BCUT2D eigenvalue weighted by atomic mass is 32.1. The molecule has 0 fully saturated rings. The number of carbonyl (C=O) groups excluding carboxylic acids is 1. The van der Waals surface area contributed by atoms with Gasteiger partial charge in [0.2, 0.25) is 5.91 Å². The van der Waals surface area contributed by atoms with E-state index in [4.69, 9.17) is 18.0 Å². The van der Waals surface area contributed by atoms with Crippen LogP contribution in [0.1, 0.15) is 17.0 Å². The van der Waals surface area contributed by atoms with Crippen LogP contribution in [0.5, 0.6) is 0 Å². The molecule has 0 saturated heterocycles. The Morgan fingerprint density at radius 2 is 1.62 bits per heavy atom. The van der Waals surface area contributed by atoms with Crippen LogP contribution < -0.4 is 11.1 Å². The third kappa shape index (κ3) is 4.39. The molecule has 21 heavy (non-hydrogen) atoms. The van der Waals surface area contributed by atoms with Gasteiger partial charge >= 0.3 is 0 Å². The molecule has 2 rings (SSSR count). The number of hydrogen-bond donors (Lipinski definition) is 2. The predicted molar refractivity (Wildman–Crippen MR) is 89.1 cm³/mol. The Morgan fingerprint density at radius 3 is 2.19 bits per heavy atom. The van der Waals surface area contributed by atoms with Crippen LogP contribution in [-0.2, 0) is 11.2 Å². The number of rotatable bonds is 6. The van der Waals surface area contributed by atoms with Gasteiger partial charge in [0.25, 0.3) is 0 Å². The van der Waals surface area contributed by atoms with Gasteiger partial charge in [-0.2, -0.15) is 0 Å². The van der Waals surface area contributed by atoms with Gasteiger partial charge in [-0.05, 0) is 17.5 Å². The third-order valence-electron chi connectivity index (χ3n) is 3.24. The van der Waals surface area contributed by atoms with Crippen LogP contribution >= 0.6 is 12.2 Å². The Hall–Kier alpha value is -2.20. The lowest BCUT2D eigenvalue weighted by molar-refractivity contribution is -0.121. The first-order valence-electron chi connectivity index (χ1n) is 6.84. The Morgan fingerprint density at radius 1 is 1.05 bits per heavy atom. The standard InChI is InChI=1S/C17H18N2OS/c18-16(21)15(14-9-5-2-6-10-14)17(20)19-12-11-13-7-3-1-4-8-13/h1-10,15H,11-12H2,(H2,18,21)(H,19,20). The minimum Gasteiger partial charge on any atom is -0.392 e. The van der Waals surface area contributed by atoms with E-state index in [-0.39, 0.29) is 10.9 Å². The molecule has 0 aliphatic heterocycles. The average molecular weight is 298 g/mol. The zero-order valence-electron chi connectivity index (χ0n) is 11.7. The first kappa shape index (κ1) is 15.2. The Kier molecular flexibility index (Phi) is 5.46. The second-order valence-electron chi connectivity index (χ2n) is 4.77. The second-order valence-corrected chi connectivity index (χ2v) is 5.24. The van der Waals surface area contributed by atoms with Gasteiger partial charge in [0.1, 0.15) is 5.92 Å². The summed E-state index contributed by atoms with van der Waals surface area (Å²) in [5, 5.41) is 2.90. The van der Waals surface area contributed by atoms with Crippen molar-refractivity contribution in [1.29, 1.82) is 0 Å². The van der Waals surface area contributed by atoms with E-state index in [1.807, 2.05) is 60.7 Å². The molecule has 0 aromatic heterocycles. The van der Waals surface area contributed by atoms with Crippen molar-refractivity contribution in [2.75, 3.05) is 6.54 Å². The lowest BCUT2D eigenvalue weighted by atomic mass is 9.98. The number of benzene rings is 2. The summed E-state index contributed by atoms with van der Waals surface area (Å²) in [4.78, 5) is 12.5. The summed E-state index contributed by atoms with van der Waals surface area (Å²) in [5.41, 5.74) is 7.73. The zero-order valence-corrected chi connectivity index (χ0v) is 12.5. The molecule has 1 amide bonds. The molecule has 3 N–H and O–H groups in total. The van der Waals surface area contributed by atoms with E-state index < -0.39 is 5.92 Å². The quantitative estimate of drug-likeness (QED) is 0.805. The number of amides is 1. The fourth-order valence-electron chi connectivity index (χ4n) is 2.17. The summed E-state index contributed by atoms with van der Waals surface area (Å²) in [6, 6.07) is 19.4. The number of carbonyl (C=O) groups is 1. The summed E-state index contributed by atoms with van der Waals surface area (Å²) in [6.45, 7) is 0.564. The fourth-order valence-corrected chi connectivity index (χ4v) is 2.41. The van der Waals surface area contributed by atoms with Crippen LogP contribution in [0.15, 0.2) is 60.7 Å². The molecule has 0 radical (unpaired) electrons. The van der Waals surface area contributed by atoms with Crippen molar-refractivity contribution in [2.24, 2.45) is 5.73 Å². The summed E-state index contributed by atoms with van der Waals surface area (Å²) in [7, 11) is 0. The van der Waals surface area contributed by atoms with Gasteiger partial charge in [-0.15, -0.1) is 0 Å². The first-order valence-corrected chi connectivity index (χ1v) is 7.25. The normalized spacial score (nSPS) is 11.6. The van der Waals surface area contributed by atoms with Gasteiger partial charge in [0, 0.05) is 6.54 Å². The summed E-state index contributed by atoms with van der Waals surface area (Å²) < 4.78 is 0. The molecule has 0 saturated carbocycles. The van der Waals surface area contributed by atoms with Crippen molar-refractivity contribution >= 4 is 23.1 Å². The zero-order chi connectivity index (χ0) is 15.1. The minimum absolute atomic E-state index is 0.148. The number of nitrogens with two attached hydrogens (primary N) is 1. The highest BCUT2D eigenvalue weighted by Gasteiger charge is 2.22. The summed E-state index contributed by atoms with van der Waals surface area (Å²) in [6.07, 6.45) is 0.783. The first-order chi connectivity index (χ1) is 10.2. The van der Waals surface area contributed by atoms with Crippen LogP contribution in [0.3, 0.4) is 0 Å². The van der Waals surface area contributed by atoms with E-state index in [0.29, 0.717) is 6.54 Å². The lowest BCUT2D eigenvalue weighted by Gasteiger charge is -2.16. The van der Waals surface area contributed by atoms with Gasteiger partial charge in [0.15, 0.2) is 0 Å². The maximum atomic E-state index is 12.3. The molecular formula is C17H18N2OS. The van der Waals surface area contributed by atoms with Crippen LogP contribution in [0.2, 0.25) is 0 Å². The van der Waals surface area contributed by atoms with Crippen LogP contribution in [0, 0.1) is 0 Å². The molecule has 108 valence electrons. The summed E-state index contributed by atoms with van der Waals surface area (Å²) in [5.74, 6) is -0.721. The maximum absolute atomic E-state index is 12.3. The molecule has 0 bridgehead atoms. The molecule has 2 aromatic rings. The number of nitrogens with one attached hydrogen (secondary N) is 1. The van der Waals surface area contributed by atoms with Gasteiger partial charge in [-0.3, -0.25) is 4.79 Å². The Labute approximate surface area is 130 Å². The second kappa shape index (κ2) is 7.55. The van der Waals surface area contributed by atoms with Crippen molar-refractivity contribution in [3.8, 4) is 0 Å². The van der Waals surface area contributed by atoms with Crippen LogP contribution in [0.25, 0.3) is 0 Å². The highest BCUT2D eigenvalue weighted by molar-refractivity contribution is 7.80. The van der Waals surface area contributed by atoms with Gasteiger partial charge in [-0.25, -0.2) is 0 Å². The van der Waals surface area contributed by atoms with Gasteiger partial charge in [0.05, 0.1) is 4.99 Å². The molecule has 0 spiro atoms. The van der Waals surface area contributed by atoms with E-state index in [1.165, 1.54) is 5.56 Å². The molecule has 1 atom stereocenters. The minimum atomic E-state index is -0.572. The third-order valence-corrected chi connectivity index (χ3v) is 3.47. The lowest BCUT2D eigenvalue weighted by Crippen LogP contribution is -2.37. The van der Waals surface area contributed by atoms with E-state index >= 15 is 0 Å². The maximum Gasteiger partial charge on any atom is 0.234 e. The largest absolute Gasteiger partial charge is 0.392 e. The van der Waals surface area contributed by atoms with E-state index in [9.17, 15) is 4.79 Å². The van der Waals surface area contributed by atoms with Crippen molar-refractivity contribution in [3.63, 3.8) is 0 Å². The predicted octanol–water partition coefficient (Wildman–Crippen LogP) is 2.42. The van der Waals surface area contributed by atoms with Crippen molar-refractivity contribution in [3.05, 3.63) is 71.8 Å². The van der Waals surface area contributed by atoms with Crippen LogP contribution in [0.4, 0.5) is 0 Å². The summed E-state index contributed by atoms with van der Waals surface area (Å²) >= 11 is 5.04. The molecule has 1 unspecified atom stereocenters. The fraction of sp³-hybridized carbons (Fsp3) is 0.176. The molecule has 3 nitrogen and oxygen atoms in total. The van der Waals surface area contributed by atoms with Crippen molar-refractivity contribution < 1.29 is 4.79 Å². The molecule has 0 aliphatic carbocycles. The van der Waals surface area contributed by atoms with Crippen LogP contribution in [-0.4, -0.2) is 17.4 Å². The van der Waals surface area contributed by atoms with Crippen molar-refractivity contribution in [1.82, 2.24) is 5.32 Å². The SMILES string of the molecule is NC(=S)C(C(=O)NCCc1ccccc1)c1ccccc1. The molecule has 2 aromatic carbocycles. The van der Waals surface area contributed by atoms with E-state index in [0.717, 1.165) is 12.0 Å².